The van der Waals surface area contributed by atoms with Crippen LogP contribution in [0.3, 0.4) is 0 Å². The van der Waals surface area contributed by atoms with E-state index in [9.17, 15) is 19.8 Å². The van der Waals surface area contributed by atoms with E-state index in [4.69, 9.17) is 9.47 Å². The van der Waals surface area contributed by atoms with Crippen molar-refractivity contribution < 1.29 is 29.3 Å². The van der Waals surface area contributed by atoms with Gasteiger partial charge >= 0.3 is 11.9 Å². The monoisotopic (exact) mass is 286 g/mol. The largest absolute Gasteiger partial charge is 0.463 e. The van der Waals surface area contributed by atoms with Crippen LogP contribution >= 0.6 is 0 Å². The van der Waals surface area contributed by atoms with Crippen LogP contribution in [-0.4, -0.2) is 46.6 Å². The molecule has 0 bridgehead atoms. The van der Waals surface area contributed by atoms with E-state index in [1.807, 2.05) is 0 Å². The number of carbonyl (C=O) groups is 2. The molecule has 0 saturated heterocycles. The van der Waals surface area contributed by atoms with E-state index in [0.29, 0.717) is 12.8 Å². The average molecular weight is 286 g/mol. The smallest absolute Gasteiger partial charge is 0.330 e. The molecule has 0 fully saturated rings. The maximum Gasteiger partial charge on any atom is 0.330 e. The zero-order valence-corrected chi connectivity index (χ0v) is 11.8. The van der Waals surface area contributed by atoms with Crippen molar-refractivity contribution >= 4 is 11.9 Å². The number of carbonyl (C=O) groups excluding carboxylic acids is 2. The highest BCUT2D eigenvalue weighted by Crippen LogP contribution is 2.12. The number of esters is 2. The molecule has 0 unspecified atom stereocenters. The van der Waals surface area contributed by atoms with E-state index in [2.05, 4.69) is 0 Å². The maximum atomic E-state index is 11.5. The number of aliphatic hydroxyl groups excluding tert-OH is 2. The number of aliphatic hydroxyl groups is 2. The summed E-state index contributed by atoms with van der Waals surface area (Å²) in [6.07, 6.45) is 0.833. The van der Waals surface area contributed by atoms with Crippen molar-refractivity contribution in [1.29, 1.82) is 0 Å². The van der Waals surface area contributed by atoms with Gasteiger partial charge in [-0.25, -0.2) is 4.79 Å². The van der Waals surface area contributed by atoms with Gasteiger partial charge < -0.3 is 19.7 Å². The number of hydrogen-bond donors (Lipinski definition) is 2. The number of rotatable bonds is 0. The summed E-state index contributed by atoms with van der Waals surface area (Å²) in [5.41, 5.74) is 0. The minimum absolute atomic E-state index is 0.0613. The van der Waals surface area contributed by atoms with Gasteiger partial charge in [0, 0.05) is 12.5 Å². The van der Waals surface area contributed by atoms with E-state index >= 15 is 0 Å². The molecule has 0 amide bonds. The van der Waals surface area contributed by atoms with Gasteiger partial charge in [-0.3, -0.25) is 4.79 Å². The minimum atomic E-state index is -0.928. The third kappa shape index (κ3) is 6.16. The molecule has 1 heterocycles. The molecule has 114 valence electrons. The fourth-order valence-electron chi connectivity index (χ4n) is 1.84. The second-order valence-corrected chi connectivity index (χ2v) is 5.05. The summed E-state index contributed by atoms with van der Waals surface area (Å²) < 4.78 is 10.1. The number of ether oxygens (including phenoxy) is 2. The Morgan fingerprint density at radius 2 is 1.80 bits per heavy atom. The Morgan fingerprint density at radius 3 is 2.50 bits per heavy atom. The zero-order valence-electron chi connectivity index (χ0n) is 11.8. The number of cyclic esters (lactones) is 2. The topological polar surface area (TPSA) is 93.1 Å². The molecule has 0 aromatic carbocycles. The van der Waals surface area contributed by atoms with Crippen LogP contribution < -0.4 is 0 Å². The molecule has 1 aliphatic rings. The lowest BCUT2D eigenvalue weighted by Crippen LogP contribution is -2.29. The van der Waals surface area contributed by atoms with Crippen LogP contribution in [0, 0.1) is 0 Å². The fraction of sp³-hybridized carbons (Fsp3) is 0.714. The standard InChI is InChI=1S/C14H22O6/c1-9-3-4-11(15)5-7-14(18)20-10(2)12(16)6-8-13(17)19-9/h5,7,9-12,15-16H,3-4,6,8H2,1-2H3/b7-5+/t9-,10-,11+,12-/m1/s1. The molecule has 6 heteroatoms. The van der Waals surface area contributed by atoms with Crippen LogP contribution in [0.25, 0.3) is 0 Å². The lowest BCUT2D eigenvalue weighted by molar-refractivity contribution is -0.151. The minimum Gasteiger partial charge on any atom is -0.463 e. The van der Waals surface area contributed by atoms with Crippen LogP contribution in [0.5, 0.6) is 0 Å². The third-order valence-corrected chi connectivity index (χ3v) is 3.14. The molecule has 0 aromatic heterocycles. The van der Waals surface area contributed by atoms with Crippen LogP contribution in [0.2, 0.25) is 0 Å². The molecule has 4 atom stereocenters. The van der Waals surface area contributed by atoms with Gasteiger partial charge in [0.25, 0.3) is 0 Å². The molecule has 0 saturated carbocycles. The van der Waals surface area contributed by atoms with E-state index < -0.39 is 30.3 Å². The summed E-state index contributed by atoms with van der Waals surface area (Å²) in [5.74, 6) is -1.03. The lowest BCUT2D eigenvalue weighted by Gasteiger charge is -2.20. The molecule has 0 aliphatic carbocycles. The van der Waals surface area contributed by atoms with Crippen molar-refractivity contribution in [3.63, 3.8) is 0 Å². The van der Waals surface area contributed by atoms with Gasteiger partial charge in [0.1, 0.15) is 6.10 Å². The Labute approximate surface area is 118 Å². The summed E-state index contributed by atoms with van der Waals surface area (Å²) in [4.78, 5) is 23.0. The highest BCUT2D eigenvalue weighted by Gasteiger charge is 2.20. The quantitative estimate of drug-likeness (QED) is 0.637. The van der Waals surface area contributed by atoms with E-state index in [1.165, 1.54) is 6.08 Å². The molecular formula is C14H22O6. The van der Waals surface area contributed by atoms with Gasteiger partial charge in [0.05, 0.1) is 18.3 Å². The van der Waals surface area contributed by atoms with Gasteiger partial charge in [-0.2, -0.15) is 0 Å². The first-order valence-corrected chi connectivity index (χ1v) is 6.83. The van der Waals surface area contributed by atoms with Crippen molar-refractivity contribution in [2.24, 2.45) is 0 Å². The van der Waals surface area contributed by atoms with E-state index in [1.54, 1.807) is 13.8 Å². The molecule has 0 spiro atoms. The molecule has 1 aliphatic heterocycles. The average Bonchev–Trinajstić information content (AvgIpc) is 2.39. The second kappa shape index (κ2) is 8.01. The molecule has 6 nitrogen and oxygen atoms in total. The normalized spacial score (nSPS) is 35.6. The first kappa shape index (κ1) is 16.7. The summed E-state index contributed by atoms with van der Waals surface area (Å²) in [6.45, 7) is 3.29. The first-order valence-electron chi connectivity index (χ1n) is 6.83. The van der Waals surface area contributed by atoms with Crippen LogP contribution in [0.4, 0.5) is 0 Å². The summed E-state index contributed by atoms with van der Waals surface area (Å²) in [7, 11) is 0. The fourth-order valence-corrected chi connectivity index (χ4v) is 1.84. The summed E-state index contributed by atoms with van der Waals surface area (Å²) >= 11 is 0. The molecule has 0 aromatic rings. The molecule has 0 radical (unpaired) electrons. The summed E-state index contributed by atoms with van der Waals surface area (Å²) in [5, 5.41) is 19.4. The lowest BCUT2D eigenvalue weighted by atomic mass is 10.1. The molecule has 1 rings (SSSR count). The van der Waals surface area contributed by atoms with Gasteiger partial charge in [-0.05, 0) is 39.2 Å². The van der Waals surface area contributed by atoms with Crippen molar-refractivity contribution in [3.05, 3.63) is 12.2 Å². The highest BCUT2D eigenvalue weighted by atomic mass is 16.6. The Balaban J connectivity index is 2.71. The predicted molar refractivity (Wildman–Crippen MR) is 70.7 cm³/mol. The first-order chi connectivity index (χ1) is 9.38. The van der Waals surface area contributed by atoms with E-state index in [-0.39, 0.29) is 18.9 Å². The third-order valence-electron chi connectivity index (χ3n) is 3.14. The van der Waals surface area contributed by atoms with Crippen molar-refractivity contribution in [1.82, 2.24) is 0 Å². The Bertz CT molecular complexity index is 365. The molecule has 20 heavy (non-hydrogen) atoms. The zero-order chi connectivity index (χ0) is 15.1. The Morgan fingerprint density at radius 1 is 1.10 bits per heavy atom. The Hall–Kier alpha value is -1.40. The predicted octanol–water partition coefficient (Wildman–Crippen LogP) is 0.702. The van der Waals surface area contributed by atoms with Crippen LogP contribution in [0.15, 0.2) is 12.2 Å². The van der Waals surface area contributed by atoms with Crippen molar-refractivity contribution in [2.75, 3.05) is 0 Å². The Kier molecular flexibility index (Phi) is 6.67. The van der Waals surface area contributed by atoms with Crippen molar-refractivity contribution in [3.8, 4) is 0 Å². The van der Waals surface area contributed by atoms with Gasteiger partial charge in [0.2, 0.25) is 0 Å². The van der Waals surface area contributed by atoms with Crippen LogP contribution in [-0.2, 0) is 19.1 Å². The van der Waals surface area contributed by atoms with Gasteiger partial charge in [-0.1, -0.05) is 0 Å². The summed E-state index contributed by atoms with van der Waals surface area (Å²) in [6, 6.07) is 0. The molecular weight excluding hydrogens is 264 g/mol. The van der Waals surface area contributed by atoms with Crippen molar-refractivity contribution in [2.45, 2.75) is 63.9 Å². The van der Waals surface area contributed by atoms with E-state index in [0.717, 1.165) is 6.08 Å². The SMILES string of the molecule is C[C@@H]1CC[C@H](O)/C=C/C(=O)O[C@H](C)[C@H](O)CCC(=O)O1. The maximum absolute atomic E-state index is 11.5. The van der Waals surface area contributed by atoms with Gasteiger partial charge in [0.15, 0.2) is 0 Å². The molecule has 2 N–H and O–H groups in total. The highest BCUT2D eigenvalue weighted by molar-refractivity contribution is 5.82. The number of hydrogen-bond acceptors (Lipinski definition) is 6. The van der Waals surface area contributed by atoms with Crippen LogP contribution in [0.1, 0.15) is 39.5 Å². The second-order valence-electron chi connectivity index (χ2n) is 5.05. The van der Waals surface area contributed by atoms with Gasteiger partial charge in [-0.15, -0.1) is 0 Å².